The number of para-hydroxylation sites is 2. The molecule has 0 fully saturated rings. The van der Waals surface area contributed by atoms with Crippen molar-refractivity contribution in [3.05, 3.63) is 162 Å². The summed E-state index contributed by atoms with van der Waals surface area (Å²) in [6.45, 7) is 9.18. The summed E-state index contributed by atoms with van der Waals surface area (Å²) in [5.41, 5.74) is 4.26. The third-order valence-electron chi connectivity index (χ3n) is 9.37. The molecule has 50 heavy (non-hydrogen) atoms. The molecule has 0 saturated carbocycles. The number of aromatic nitrogens is 1. The quantitative estimate of drug-likeness (QED) is 0.149. The second-order valence-corrected chi connectivity index (χ2v) is 12.9. The highest BCUT2D eigenvalue weighted by Gasteiger charge is 2.27. The number of nitrogens with zero attached hydrogens (tertiary/aromatic N) is 3. The van der Waals surface area contributed by atoms with E-state index in [4.69, 9.17) is 23.9 Å². The first-order chi connectivity index (χ1) is 24.6. The Morgan fingerprint density at radius 3 is 1.32 bits per heavy atom. The van der Waals surface area contributed by atoms with Gasteiger partial charge in [-0.25, -0.2) is 0 Å². The number of hydrogen-bond donors (Lipinski definition) is 0. The summed E-state index contributed by atoms with van der Waals surface area (Å²) in [5.74, 6) is 1.66. The molecule has 1 aliphatic heterocycles. The monoisotopic (exact) mass is 671 g/mol. The molecule has 6 rings (SSSR count). The Balaban J connectivity index is 1.31. The van der Waals surface area contributed by atoms with Gasteiger partial charge in [0.15, 0.2) is 0 Å². The van der Waals surface area contributed by atoms with Gasteiger partial charge in [0.05, 0.1) is 24.6 Å². The van der Waals surface area contributed by atoms with Gasteiger partial charge < -0.3 is 18.9 Å². The minimum atomic E-state index is -0.194. The molecular formula is C43H49N3O4. The number of ether oxygens (including phenoxy) is 4. The minimum Gasteiger partial charge on any atom is -0.491 e. The van der Waals surface area contributed by atoms with E-state index in [2.05, 4.69) is 84.3 Å². The van der Waals surface area contributed by atoms with E-state index < -0.39 is 0 Å². The smallest absolute Gasteiger partial charge is 0.119 e. The summed E-state index contributed by atoms with van der Waals surface area (Å²) in [4.78, 5) is 9.99. The molecule has 0 N–H and O–H groups in total. The molecule has 0 amide bonds. The van der Waals surface area contributed by atoms with Crippen LogP contribution in [0.15, 0.2) is 140 Å². The van der Waals surface area contributed by atoms with E-state index >= 15 is 0 Å². The molecule has 1 aromatic heterocycles. The zero-order valence-corrected chi connectivity index (χ0v) is 29.2. The van der Waals surface area contributed by atoms with Crippen LogP contribution in [0.25, 0.3) is 0 Å². The van der Waals surface area contributed by atoms with Crippen LogP contribution >= 0.6 is 0 Å². The molecule has 260 valence electrons. The van der Waals surface area contributed by atoms with Crippen molar-refractivity contribution in [2.45, 2.75) is 51.4 Å². The van der Waals surface area contributed by atoms with E-state index in [9.17, 15) is 0 Å². The topological polar surface area (TPSA) is 56.3 Å². The van der Waals surface area contributed by atoms with Crippen LogP contribution in [0.1, 0.15) is 48.4 Å². The van der Waals surface area contributed by atoms with E-state index in [-0.39, 0.29) is 24.3 Å². The van der Waals surface area contributed by atoms with Crippen molar-refractivity contribution in [2.75, 3.05) is 39.4 Å². The predicted molar refractivity (Wildman–Crippen MR) is 198 cm³/mol. The lowest BCUT2D eigenvalue weighted by molar-refractivity contribution is -0.0288. The van der Waals surface area contributed by atoms with Gasteiger partial charge in [-0.3, -0.25) is 14.8 Å². The van der Waals surface area contributed by atoms with Crippen LogP contribution in [0.4, 0.5) is 0 Å². The van der Waals surface area contributed by atoms with Crippen molar-refractivity contribution in [1.29, 1.82) is 0 Å². The lowest BCUT2D eigenvalue weighted by Crippen LogP contribution is -2.45. The third kappa shape index (κ3) is 10.5. The Kier molecular flexibility index (Phi) is 13.0. The fourth-order valence-electron chi connectivity index (χ4n) is 6.37. The predicted octanol–water partition coefficient (Wildman–Crippen LogP) is 8.15. The maximum absolute atomic E-state index is 6.64. The Bertz CT molecular complexity index is 1550. The Morgan fingerprint density at radius 2 is 0.920 bits per heavy atom. The van der Waals surface area contributed by atoms with Gasteiger partial charge in [-0.05, 0) is 61.4 Å². The van der Waals surface area contributed by atoms with E-state index in [1.807, 2.05) is 78.9 Å². The van der Waals surface area contributed by atoms with Crippen LogP contribution < -0.4 is 9.47 Å². The molecule has 4 atom stereocenters. The summed E-state index contributed by atoms with van der Waals surface area (Å²) in [7, 11) is 0. The second-order valence-electron chi connectivity index (χ2n) is 12.9. The summed E-state index contributed by atoms with van der Waals surface area (Å²) < 4.78 is 25.9. The first kappa shape index (κ1) is 35.3. The summed E-state index contributed by atoms with van der Waals surface area (Å²) >= 11 is 0. The van der Waals surface area contributed by atoms with E-state index in [0.29, 0.717) is 39.5 Å². The molecule has 2 heterocycles. The molecule has 1 aliphatic rings. The van der Waals surface area contributed by atoms with Crippen molar-refractivity contribution in [2.24, 2.45) is 0 Å². The fraction of sp³-hybridized carbons (Fsp3) is 0.326. The summed E-state index contributed by atoms with van der Waals surface area (Å²) in [6, 6.07) is 47.7. The van der Waals surface area contributed by atoms with E-state index in [0.717, 1.165) is 36.0 Å². The number of pyridine rings is 1. The van der Waals surface area contributed by atoms with Gasteiger partial charge in [-0.1, -0.05) is 103 Å². The van der Waals surface area contributed by atoms with Crippen LogP contribution in [-0.2, 0) is 22.7 Å². The van der Waals surface area contributed by atoms with Crippen LogP contribution in [0.2, 0.25) is 0 Å². The largest absolute Gasteiger partial charge is 0.491 e. The third-order valence-corrected chi connectivity index (χ3v) is 9.37. The molecule has 7 nitrogen and oxygen atoms in total. The molecule has 5 aromatic rings. The van der Waals surface area contributed by atoms with E-state index in [1.165, 1.54) is 11.1 Å². The molecule has 4 aromatic carbocycles. The van der Waals surface area contributed by atoms with Gasteiger partial charge in [0.2, 0.25) is 0 Å². The highest BCUT2D eigenvalue weighted by atomic mass is 16.5. The maximum atomic E-state index is 6.64. The van der Waals surface area contributed by atoms with Gasteiger partial charge in [-0.15, -0.1) is 0 Å². The average Bonchev–Trinajstić information content (AvgIpc) is 3.18. The highest BCUT2D eigenvalue weighted by molar-refractivity contribution is 5.23. The number of rotatable bonds is 10. The van der Waals surface area contributed by atoms with Gasteiger partial charge in [0, 0.05) is 38.3 Å². The van der Waals surface area contributed by atoms with Crippen molar-refractivity contribution in [1.82, 2.24) is 14.8 Å². The molecule has 7 heteroatoms. The zero-order valence-electron chi connectivity index (χ0n) is 29.2. The lowest BCUT2D eigenvalue weighted by Gasteiger charge is -2.37. The number of hydrogen-bond acceptors (Lipinski definition) is 7. The van der Waals surface area contributed by atoms with Crippen molar-refractivity contribution >= 4 is 0 Å². The normalized spacial score (nSPS) is 19.4. The van der Waals surface area contributed by atoms with Crippen LogP contribution in [0.5, 0.6) is 11.5 Å². The Labute approximate surface area is 297 Å². The molecule has 2 bridgehead atoms. The molecule has 0 spiro atoms. The highest BCUT2D eigenvalue weighted by Crippen LogP contribution is 2.25. The van der Waals surface area contributed by atoms with Crippen LogP contribution in [-0.4, -0.2) is 66.4 Å². The maximum Gasteiger partial charge on any atom is 0.119 e. The molecule has 0 saturated heterocycles. The van der Waals surface area contributed by atoms with Gasteiger partial charge in [-0.2, -0.15) is 0 Å². The van der Waals surface area contributed by atoms with Crippen molar-refractivity contribution in [3.63, 3.8) is 0 Å². The lowest BCUT2D eigenvalue weighted by atomic mass is 10.0. The van der Waals surface area contributed by atoms with Gasteiger partial charge >= 0.3 is 0 Å². The number of benzene rings is 4. The Morgan fingerprint density at radius 1 is 0.540 bits per heavy atom. The first-order valence-corrected chi connectivity index (χ1v) is 17.7. The summed E-state index contributed by atoms with van der Waals surface area (Å²) in [5, 5.41) is 0. The fourth-order valence-corrected chi connectivity index (χ4v) is 6.37. The average molecular weight is 672 g/mol. The van der Waals surface area contributed by atoms with Gasteiger partial charge in [0.25, 0.3) is 0 Å². The van der Waals surface area contributed by atoms with Crippen LogP contribution in [0, 0.1) is 0 Å². The van der Waals surface area contributed by atoms with Crippen molar-refractivity contribution in [3.8, 4) is 11.5 Å². The van der Waals surface area contributed by atoms with Crippen molar-refractivity contribution < 1.29 is 18.9 Å². The van der Waals surface area contributed by atoms with E-state index in [1.54, 1.807) is 0 Å². The standard InChI is InChI=1S/C43H49N3O4/c1-34(36-16-7-3-8-17-36)45-26-27-46(35(2)37-18-9-4-10-19-37)29-43(33-50-41-24-13-6-14-25-41)48-31-39-21-15-20-38(44-39)30-47-42(28-45)32-49-40-22-11-5-12-23-40/h3-25,34-35,42-43H,26-33H2,1-2H3/t34-,35-,42-,43-/m0/s1. The van der Waals surface area contributed by atoms with Crippen LogP contribution in [0.3, 0.4) is 0 Å². The summed E-state index contributed by atoms with van der Waals surface area (Å²) in [6.07, 6.45) is -0.388. The minimum absolute atomic E-state index is 0.151. The molecule has 0 unspecified atom stereocenters. The SMILES string of the molecule is C[C@@H](c1ccccc1)N1CCN([C@@H](C)c2ccccc2)C[C@@H](COc2ccccc2)OCc2cccc(n2)CO[C@H](COc2ccccc2)C1. The Hall–Kier alpha value is -4.53. The molecule has 0 radical (unpaired) electrons. The molecule has 0 aliphatic carbocycles. The zero-order chi connectivity index (χ0) is 34.4. The second kappa shape index (κ2) is 18.5. The number of fused-ring (bicyclic) bond motifs is 2. The molecular weight excluding hydrogens is 622 g/mol. The first-order valence-electron chi connectivity index (χ1n) is 17.7. The van der Waals surface area contributed by atoms with Gasteiger partial charge in [0.1, 0.15) is 36.9 Å².